The van der Waals surface area contributed by atoms with Crippen LogP contribution in [0.4, 0.5) is 0 Å². The van der Waals surface area contributed by atoms with Crippen LogP contribution in [0.15, 0.2) is 59.5 Å². The number of rotatable bonds is 2. The first-order valence-electron chi connectivity index (χ1n) is 5.47. The summed E-state index contributed by atoms with van der Waals surface area (Å²) in [6, 6.07) is 11.7. The Balaban J connectivity index is 2.17. The molecule has 2 N–H and O–H groups in total. The second kappa shape index (κ2) is 4.03. The molecule has 1 atom stereocenters. The Labute approximate surface area is 98.9 Å². The normalized spacial score (nSPS) is 12.8. The molecule has 0 spiro atoms. The van der Waals surface area contributed by atoms with Crippen LogP contribution in [0.3, 0.4) is 0 Å². The highest BCUT2D eigenvalue weighted by atomic mass is 16.3. The zero-order valence-corrected chi connectivity index (χ0v) is 9.21. The van der Waals surface area contributed by atoms with Crippen LogP contribution in [0.25, 0.3) is 10.9 Å². The summed E-state index contributed by atoms with van der Waals surface area (Å²) in [5, 5.41) is 1.09. The topological polar surface area (TPSA) is 52.0 Å². The maximum atomic E-state index is 6.24. The summed E-state index contributed by atoms with van der Waals surface area (Å²) in [7, 11) is 0. The highest BCUT2D eigenvalue weighted by molar-refractivity contribution is 5.82. The molecule has 2 heterocycles. The van der Waals surface area contributed by atoms with Gasteiger partial charge < -0.3 is 10.2 Å². The fraction of sp³-hybridized carbons (Fsp3) is 0.0714. The first-order valence-corrected chi connectivity index (χ1v) is 5.47. The van der Waals surface area contributed by atoms with Crippen LogP contribution < -0.4 is 5.73 Å². The van der Waals surface area contributed by atoms with E-state index in [9.17, 15) is 0 Å². The van der Waals surface area contributed by atoms with Crippen molar-refractivity contribution in [1.82, 2.24) is 4.98 Å². The highest BCUT2D eigenvalue weighted by Crippen LogP contribution is 2.26. The van der Waals surface area contributed by atoms with Crippen molar-refractivity contribution >= 4 is 10.9 Å². The molecule has 0 amide bonds. The number of nitrogens with zero attached hydrogens (tertiary/aromatic N) is 1. The summed E-state index contributed by atoms with van der Waals surface area (Å²) in [4.78, 5) is 4.33. The molecule has 17 heavy (non-hydrogen) atoms. The van der Waals surface area contributed by atoms with Gasteiger partial charge in [0.2, 0.25) is 0 Å². The molecule has 0 aliphatic carbocycles. The molecule has 3 aromatic rings. The van der Waals surface area contributed by atoms with Crippen LogP contribution in [0.1, 0.15) is 17.2 Å². The SMILES string of the molecule is NC(c1ccoc1)c1ccnc2ccccc12. The van der Waals surface area contributed by atoms with Crippen molar-refractivity contribution in [2.24, 2.45) is 5.73 Å². The van der Waals surface area contributed by atoms with Crippen molar-refractivity contribution in [3.05, 3.63) is 66.2 Å². The molecule has 0 saturated carbocycles. The second-order valence-electron chi connectivity index (χ2n) is 3.95. The molecule has 0 saturated heterocycles. The Hall–Kier alpha value is -2.13. The molecule has 0 aliphatic rings. The summed E-state index contributed by atoms with van der Waals surface area (Å²) >= 11 is 0. The van der Waals surface area contributed by atoms with Crippen LogP contribution in [0.2, 0.25) is 0 Å². The molecule has 3 nitrogen and oxygen atoms in total. The van der Waals surface area contributed by atoms with Crippen molar-refractivity contribution < 1.29 is 4.42 Å². The largest absolute Gasteiger partial charge is 0.472 e. The van der Waals surface area contributed by atoms with E-state index in [1.54, 1.807) is 18.7 Å². The Morgan fingerprint density at radius 2 is 2.00 bits per heavy atom. The van der Waals surface area contributed by atoms with Crippen molar-refractivity contribution in [3.8, 4) is 0 Å². The molecule has 0 fully saturated rings. The van der Waals surface area contributed by atoms with Gasteiger partial charge in [-0.2, -0.15) is 0 Å². The number of furan rings is 1. The van der Waals surface area contributed by atoms with Gasteiger partial charge in [0.25, 0.3) is 0 Å². The van der Waals surface area contributed by atoms with E-state index in [-0.39, 0.29) is 6.04 Å². The van der Waals surface area contributed by atoms with Crippen LogP contribution >= 0.6 is 0 Å². The third-order valence-corrected chi connectivity index (χ3v) is 2.92. The number of hydrogen-bond donors (Lipinski definition) is 1. The standard InChI is InChI=1S/C14H12N2O/c15-14(10-6-8-17-9-10)12-5-7-16-13-4-2-1-3-11(12)13/h1-9,14H,15H2. The minimum absolute atomic E-state index is 0.179. The third kappa shape index (κ3) is 1.70. The summed E-state index contributed by atoms with van der Waals surface area (Å²) in [6.07, 6.45) is 5.11. The third-order valence-electron chi connectivity index (χ3n) is 2.92. The van der Waals surface area contributed by atoms with Gasteiger partial charge in [0.05, 0.1) is 24.1 Å². The molecule has 84 valence electrons. The Kier molecular flexibility index (Phi) is 2.38. The maximum Gasteiger partial charge on any atom is 0.0953 e. The van der Waals surface area contributed by atoms with Gasteiger partial charge in [0.15, 0.2) is 0 Å². The number of benzene rings is 1. The van der Waals surface area contributed by atoms with Crippen LogP contribution in [-0.4, -0.2) is 4.98 Å². The number of nitrogens with two attached hydrogens (primary N) is 1. The fourth-order valence-electron chi connectivity index (χ4n) is 2.02. The van der Waals surface area contributed by atoms with Crippen LogP contribution in [0, 0.1) is 0 Å². The van der Waals surface area contributed by atoms with E-state index in [2.05, 4.69) is 4.98 Å². The number of aromatic nitrogens is 1. The lowest BCUT2D eigenvalue weighted by molar-refractivity contribution is 0.562. The summed E-state index contributed by atoms with van der Waals surface area (Å²) < 4.78 is 5.07. The van der Waals surface area contributed by atoms with Gasteiger partial charge in [-0.25, -0.2) is 0 Å². The first kappa shape index (κ1) is 10.1. The molecule has 1 aromatic carbocycles. The van der Waals surface area contributed by atoms with Crippen molar-refractivity contribution in [2.75, 3.05) is 0 Å². The molecule has 2 aromatic heterocycles. The van der Waals surface area contributed by atoms with Crippen molar-refractivity contribution in [3.63, 3.8) is 0 Å². The first-order chi connectivity index (χ1) is 8.36. The summed E-state index contributed by atoms with van der Waals surface area (Å²) in [6.45, 7) is 0. The Morgan fingerprint density at radius 1 is 1.12 bits per heavy atom. The predicted molar refractivity (Wildman–Crippen MR) is 66.5 cm³/mol. The average molecular weight is 224 g/mol. The summed E-state index contributed by atoms with van der Waals surface area (Å²) in [5.74, 6) is 0. The van der Waals surface area contributed by atoms with Gasteiger partial charge in [-0.1, -0.05) is 18.2 Å². The van der Waals surface area contributed by atoms with Gasteiger partial charge in [-0.3, -0.25) is 4.98 Å². The molecular formula is C14H12N2O. The van der Waals surface area contributed by atoms with E-state index in [1.807, 2.05) is 36.4 Å². The quantitative estimate of drug-likeness (QED) is 0.728. The van der Waals surface area contributed by atoms with E-state index >= 15 is 0 Å². The summed E-state index contributed by atoms with van der Waals surface area (Å²) in [5.41, 5.74) is 9.24. The number of para-hydroxylation sites is 1. The number of hydrogen-bond acceptors (Lipinski definition) is 3. The zero-order chi connectivity index (χ0) is 11.7. The van der Waals surface area contributed by atoms with Gasteiger partial charge in [-0.15, -0.1) is 0 Å². The van der Waals surface area contributed by atoms with E-state index < -0.39 is 0 Å². The lowest BCUT2D eigenvalue weighted by Crippen LogP contribution is -2.11. The molecule has 0 radical (unpaired) electrons. The Bertz CT molecular complexity index is 626. The van der Waals surface area contributed by atoms with E-state index in [0.717, 1.165) is 22.0 Å². The lowest BCUT2D eigenvalue weighted by Gasteiger charge is -2.12. The van der Waals surface area contributed by atoms with Crippen LogP contribution in [-0.2, 0) is 0 Å². The second-order valence-corrected chi connectivity index (χ2v) is 3.95. The number of fused-ring (bicyclic) bond motifs is 1. The van der Waals surface area contributed by atoms with E-state index in [4.69, 9.17) is 10.2 Å². The minimum atomic E-state index is -0.179. The zero-order valence-electron chi connectivity index (χ0n) is 9.21. The highest BCUT2D eigenvalue weighted by Gasteiger charge is 2.13. The van der Waals surface area contributed by atoms with E-state index in [0.29, 0.717) is 0 Å². The molecule has 3 heteroatoms. The predicted octanol–water partition coefficient (Wildman–Crippen LogP) is 2.88. The van der Waals surface area contributed by atoms with Gasteiger partial charge in [0.1, 0.15) is 0 Å². The minimum Gasteiger partial charge on any atom is -0.472 e. The lowest BCUT2D eigenvalue weighted by atomic mass is 9.99. The molecule has 1 unspecified atom stereocenters. The fourth-order valence-corrected chi connectivity index (χ4v) is 2.02. The van der Waals surface area contributed by atoms with Gasteiger partial charge >= 0.3 is 0 Å². The van der Waals surface area contributed by atoms with Gasteiger partial charge in [0, 0.05) is 17.1 Å². The average Bonchev–Trinajstić information content (AvgIpc) is 2.91. The van der Waals surface area contributed by atoms with Crippen molar-refractivity contribution in [1.29, 1.82) is 0 Å². The molecule has 0 bridgehead atoms. The van der Waals surface area contributed by atoms with Gasteiger partial charge in [-0.05, 0) is 23.8 Å². The smallest absolute Gasteiger partial charge is 0.0953 e. The molecule has 0 aliphatic heterocycles. The Morgan fingerprint density at radius 3 is 2.82 bits per heavy atom. The monoisotopic (exact) mass is 224 g/mol. The molecular weight excluding hydrogens is 212 g/mol. The molecule has 3 rings (SSSR count). The maximum absolute atomic E-state index is 6.24. The van der Waals surface area contributed by atoms with E-state index in [1.165, 1.54) is 0 Å². The number of pyridine rings is 1. The van der Waals surface area contributed by atoms with Crippen molar-refractivity contribution in [2.45, 2.75) is 6.04 Å². The van der Waals surface area contributed by atoms with Crippen LogP contribution in [0.5, 0.6) is 0 Å².